The van der Waals surface area contributed by atoms with E-state index in [0.717, 1.165) is 12.1 Å². The van der Waals surface area contributed by atoms with Crippen LogP contribution in [0.4, 0.5) is 48.6 Å². The van der Waals surface area contributed by atoms with E-state index in [4.69, 9.17) is 25.8 Å². The average molecular weight is 1330 g/mol. The van der Waals surface area contributed by atoms with Gasteiger partial charge in [-0.15, -0.1) is 0 Å². The Morgan fingerprint density at radius 3 is 1.55 bits per heavy atom. The summed E-state index contributed by atoms with van der Waals surface area (Å²) in [4.78, 5) is 44.0. The first-order chi connectivity index (χ1) is 36.3. The predicted molar refractivity (Wildman–Crippen MR) is 295 cm³/mol. The molecule has 18 nitrogen and oxygen atoms in total. The van der Waals surface area contributed by atoms with Gasteiger partial charge in [0.15, 0.2) is 47.2 Å². The monoisotopic (exact) mass is 1320 g/mol. The first-order valence-corrected chi connectivity index (χ1v) is 30.4. The summed E-state index contributed by atoms with van der Waals surface area (Å²) in [6.07, 6.45) is -2.89. The summed E-state index contributed by atoms with van der Waals surface area (Å²) < 4.78 is 139. The molecule has 3 N–H and O–H groups in total. The molecular formula is C50H42Br3ClF2N6O12S3. The number of nitrogens with one attached hydrogen (secondary N) is 3. The first-order valence-electron chi connectivity index (χ1n) is 23.2. The van der Waals surface area contributed by atoms with Crippen molar-refractivity contribution in [3.05, 3.63) is 133 Å². The minimum Gasteiger partial charge on any atom is -0.477 e. The summed E-state index contributed by atoms with van der Waals surface area (Å²) in [5.74, 6) is -4.51. The summed E-state index contributed by atoms with van der Waals surface area (Å²) >= 11 is 16.8. The van der Waals surface area contributed by atoms with Crippen LogP contribution >= 0.6 is 59.4 Å². The molecule has 0 aliphatic carbocycles. The molecule has 3 aliphatic rings. The third-order valence-corrected chi connectivity index (χ3v) is 18.4. The standard InChI is InChI=1S/C50H42Br3ClF2N6O12S3/c1-5-39-48(63)60(4)36-16-26(51)19-42(45(36)72-39)75(66,67)58-30-11-13-33(54)25(15-30)24-61-37-17-27(52)20-43(46(37)73-40(6-2)49(61)64)76(68,69)57-29-9-8-10-32(22-29)62-38-18-28(53)21-44(47(38)74-41(7-3)50(62)65)77(70,71)59-31-12-14-34(55)35(56)23-31/h8-23,39-41,57-59H,5-7,24H2,1-4H3. The molecule has 3 unspecified atom stereocenters. The minimum atomic E-state index is -4.67. The van der Waals surface area contributed by atoms with E-state index in [1.807, 2.05) is 0 Å². The molecule has 3 atom stereocenters. The molecule has 0 fully saturated rings. The Bertz CT molecular complexity index is 3830. The second-order valence-corrected chi connectivity index (χ2v) is 25.7. The highest BCUT2D eigenvalue weighted by Crippen LogP contribution is 2.48. The number of nitrogens with zero attached hydrogens (tertiary/aromatic N) is 3. The van der Waals surface area contributed by atoms with E-state index in [9.17, 15) is 48.4 Å². The van der Waals surface area contributed by atoms with Crippen LogP contribution in [0.5, 0.6) is 17.2 Å². The highest BCUT2D eigenvalue weighted by molar-refractivity contribution is 9.11. The maximum Gasteiger partial charge on any atom is 0.272 e. The van der Waals surface area contributed by atoms with Crippen LogP contribution in [-0.2, 0) is 51.0 Å². The third-order valence-electron chi connectivity index (χ3n) is 12.5. The Morgan fingerprint density at radius 2 is 1.00 bits per heavy atom. The van der Waals surface area contributed by atoms with Crippen molar-refractivity contribution in [2.45, 2.75) is 79.6 Å². The van der Waals surface area contributed by atoms with Gasteiger partial charge in [-0.1, -0.05) is 86.2 Å². The zero-order valence-electron chi connectivity index (χ0n) is 40.5. The zero-order valence-corrected chi connectivity index (χ0v) is 48.5. The molecule has 0 radical (unpaired) electrons. The van der Waals surface area contributed by atoms with E-state index in [2.05, 4.69) is 62.0 Å². The van der Waals surface area contributed by atoms with Crippen molar-refractivity contribution in [3.63, 3.8) is 0 Å². The van der Waals surface area contributed by atoms with Crippen molar-refractivity contribution in [3.8, 4) is 17.2 Å². The van der Waals surface area contributed by atoms with E-state index in [0.29, 0.717) is 10.5 Å². The Hall–Kier alpha value is -6.03. The van der Waals surface area contributed by atoms with Gasteiger partial charge in [0.25, 0.3) is 47.8 Å². The lowest BCUT2D eigenvalue weighted by molar-refractivity contribution is -0.127. The van der Waals surface area contributed by atoms with Gasteiger partial charge in [-0.3, -0.25) is 33.4 Å². The fourth-order valence-electron chi connectivity index (χ4n) is 8.73. The number of hydrogen-bond donors (Lipinski definition) is 3. The number of sulfonamides is 3. The average Bonchev–Trinajstić information content (AvgIpc) is 3.37. The van der Waals surface area contributed by atoms with Crippen molar-refractivity contribution in [1.29, 1.82) is 0 Å². The first kappa shape index (κ1) is 55.7. The van der Waals surface area contributed by atoms with Gasteiger partial charge in [-0.2, -0.15) is 0 Å². The summed E-state index contributed by atoms with van der Waals surface area (Å²) in [7, 11) is -12.2. The van der Waals surface area contributed by atoms with Gasteiger partial charge in [0, 0.05) is 37.2 Å². The summed E-state index contributed by atoms with van der Waals surface area (Å²) in [5.41, 5.74) is 0.237. The van der Waals surface area contributed by atoms with Gasteiger partial charge < -0.3 is 24.0 Å². The van der Waals surface area contributed by atoms with Crippen LogP contribution in [0.25, 0.3) is 0 Å². The van der Waals surface area contributed by atoms with E-state index in [1.54, 1.807) is 26.8 Å². The van der Waals surface area contributed by atoms with Gasteiger partial charge in [0.05, 0.1) is 40.7 Å². The molecule has 3 heterocycles. The second kappa shape index (κ2) is 21.3. The second-order valence-electron chi connectivity index (χ2n) is 17.6. The molecule has 77 heavy (non-hydrogen) atoms. The minimum absolute atomic E-state index is 0.0174. The summed E-state index contributed by atoms with van der Waals surface area (Å²) in [5, 5.41) is 0.135. The van der Waals surface area contributed by atoms with Gasteiger partial charge in [0.2, 0.25) is 0 Å². The van der Waals surface area contributed by atoms with Crippen LogP contribution in [0.3, 0.4) is 0 Å². The van der Waals surface area contributed by atoms with Crippen LogP contribution in [-0.4, -0.2) is 68.3 Å². The van der Waals surface area contributed by atoms with Crippen LogP contribution in [0.2, 0.25) is 5.02 Å². The molecule has 0 bridgehead atoms. The van der Waals surface area contributed by atoms with Crippen molar-refractivity contribution in [2.75, 3.05) is 35.9 Å². The fraction of sp³-hybridized carbons (Fsp3) is 0.220. The SMILES string of the molecule is CCC1Oc2c(cc(Br)cc2S(=O)(=O)Nc2ccc(Cl)c(CN3C(=O)C(CC)Oc4c3cc(Br)cc4S(=O)(=O)Nc3cccc(N4C(=O)C(CC)Oc5c4cc(Br)cc5S(=O)(=O)Nc4ccc(F)c(F)c4)c3)c2)N(C)C1=O. The summed E-state index contributed by atoms with van der Waals surface area (Å²) in [6, 6.07) is 20.7. The number of anilines is 7. The number of carbonyl (C=O) groups is 3. The van der Waals surface area contributed by atoms with Crippen LogP contribution in [0, 0.1) is 11.6 Å². The van der Waals surface area contributed by atoms with Gasteiger partial charge >= 0.3 is 0 Å². The number of benzene rings is 6. The van der Waals surface area contributed by atoms with Crippen LogP contribution in [0.1, 0.15) is 45.6 Å². The molecule has 6 aromatic carbocycles. The lowest BCUT2D eigenvalue weighted by Crippen LogP contribution is -2.45. The lowest BCUT2D eigenvalue weighted by Gasteiger charge is -2.36. The van der Waals surface area contributed by atoms with E-state index in [1.165, 1.54) is 94.5 Å². The van der Waals surface area contributed by atoms with Gasteiger partial charge in [-0.05, 0) is 110 Å². The number of likely N-dealkylation sites (N-methyl/N-ethyl adjacent to an activating group) is 1. The van der Waals surface area contributed by atoms with Gasteiger partial charge in [0.1, 0.15) is 14.7 Å². The number of ether oxygens (including phenoxy) is 3. The molecule has 3 amide bonds. The smallest absolute Gasteiger partial charge is 0.272 e. The maximum atomic E-state index is 14.7. The fourth-order valence-corrected chi connectivity index (χ4v) is 14.4. The highest BCUT2D eigenvalue weighted by atomic mass is 79.9. The predicted octanol–water partition coefficient (Wildman–Crippen LogP) is 11.0. The molecule has 404 valence electrons. The molecule has 0 spiro atoms. The molecule has 9 rings (SSSR count). The Balaban J connectivity index is 1.03. The Labute approximate surface area is 471 Å². The van der Waals surface area contributed by atoms with Crippen molar-refractivity contribution >= 4 is 147 Å². The Kier molecular flexibility index (Phi) is 15.4. The van der Waals surface area contributed by atoms with Crippen LogP contribution < -0.4 is 43.1 Å². The number of amides is 3. The number of hydrogen-bond acceptors (Lipinski definition) is 12. The molecule has 3 aliphatic heterocycles. The molecular weight excluding hydrogens is 1290 g/mol. The summed E-state index contributed by atoms with van der Waals surface area (Å²) in [6.45, 7) is 4.75. The Morgan fingerprint density at radius 1 is 0.545 bits per heavy atom. The van der Waals surface area contributed by atoms with Crippen LogP contribution in [0.15, 0.2) is 125 Å². The van der Waals surface area contributed by atoms with E-state index >= 15 is 0 Å². The number of fused-ring (bicyclic) bond motifs is 3. The molecule has 0 aromatic heterocycles. The molecule has 6 aromatic rings. The van der Waals surface area contributed by atoms with Crippen molar-refractivity contribution in [2.24, 2.45) is 0 Å². The molecule has 0 saturated carbocycles. The van der Waals surface area contributed by atoms with E-state index < -0.39 is 81.6 Å². The van der Waals surface area contributed by atoms with Crippen molar-refractivity contribution in [1.82, 2.24) is 0 Å². The lowest BCUT2D eigenvalue weighted by atomic mass is 10.1. The quantitative estimate of drug-likeness (QED) is 0.0873. The van der Waals surface area contributed by atoms with Crippen molar-refractivity contribution < 1.29 is 62.6 Å². The van der Waals surface area contributed by atoms with Gasteiger partial charge in [-0.25, -0.2) is 34.0 Å². The normalized spacial score (nSPS) is 17.4. The molecule has 27 heteroatoms. The largest absolute Gasteiger partial charge is 0.477 e. The molecule has 0 saturated heterocycles. The zero-order chi connectivity index (χ0) is 55.6. The van der Waals surface area contributed by atoms with E-state index in [-0.39, 0.29) is 113 Å². The topological polar surface area (TPSA) is 227 Å². The highest BCUT2D eigenvalue weighted by Gasteiger charge is 2.42. The maximum absolute atomic E-state index is 14.7. The number of halogens is 6. The third kappa shape index (κ3) is 10.8. The number of rotatable bonds is 15. The number of carbonyl (C=O) groups excluding carboxylic acids is 3.